The summed E-state index contributed by atoms with van der Waals surface area (Å²) in [5.74, 6) is 1.03. The SMILES string of the molecule is CN1CCC(OC2c3ccccc3C(C)(C)Cn3cc(-c4ccccc4)nc32)CC1. The third kappa shape index (κ3) is 3.59. The van der Waals surface area contributed by atoms with Gasteiger partial charge in [-0.15, -0.1) is 0 Å². The Balaban J connectivity index is 1.60. The highest BCUT2D eigenvalue weighted by Crippen LogP contribution is 2.41. The fraction of sp³-hybridized carbons (Fsp3) is 0.423. The molecule has 0 N–H and O–H groups in total. The summed E-state index contributed by atoms with van der Waals surface area (Å²) in [6.07, 6.45) is 4.50. The largest absolute Gasteiger partial charge is 0.362 e. The second kappa shape index (κ2) is 7.68. The molecule has 1 unspecified atom stereocenters. The molecule has 1 atom stereocenters. The number of ether oxygens (including phenoxy) is 1. The summed E-state index contributed by atoms with van der Waals surface area (Å²) in [6, 6.07) is 19.3. The van der Waals surface area contributed by atoms with Crippen LogP contribution < -0.4 is 0 Å². The van der Waals surface area contributed by atoms with Crippen LogP contribution in [0.3, 0.4) is 0 Å². The molecule has 3 heterocycles. The summed E-state index contributed by atoms with van der Waals surface area (Å²) in [6.45, 7) is 7.74. The van der Waals surface area contributed by atoms with Gasteiger partial charge in [0.1, 0.15) is 11.9 Å². The molecule has 0 radical (unpaired) electrons. The number of fused-ring (bicyclic) bond motifs is 2. The molecule has 0 aliphatic carbocycles. The van der Waals surface area contributed by atoms with Gasteiger partial charge in [-0.25, -0.2) is 4.98 Å². The van der Waals surface area contributed by atoms with E-state index in [0.29, 0.717) is 0 Å². The Kier molecular flexibility index (Phi) is 5.00. The zero-order valence-corrected chi connectivity index (χ0v) is 18.2. The molecule has 1 fully saturated rings. The summed E-state index contributed by atoms with van der Waals surface area (Å²) in [4.78, 5) is 7.52. The molecule has 2 aliphatic heterocycles. The highest BCUT2D eigenvalue weighted by atomic mass is 16.5. The predicted molar refractivity (Wildman–Crippen MR) is 121 cm³/mol. The number of likely N-dealkylation sites (tertiary alicyclic amines) is 1. The first kappa shape index (κ1) is 19.5. The number of benzene rings is 2. The van der Waals surface area contributed by atoms with Crippen molar-refractivity contribution in [3.63, 3.8) is 0 Å². The Morgan fingerprint density at radius 3 is 2.43 bits per heavy atom. The summed E-state index contributed by atoms with van der Waals surface area (Å²) >= 11 is 0. The Morgan fingerprint density at radius 2 is 1.67 bits per heavy atom. The average molecular weight is 402 g/mol. The van der Waals surface area contributed by atoms with Crippen molar-refractivity contribution in [3.05, 3.63) is 77.7 Å². The van der Waals surface area contributed by atoms with E-state index in [4.69, 9.17) is 9.72 Å². The molecule has 0 spiro atoms. The highest BCUT2D eigenvalue weighted by molar-refractivity contribution is 5.59. The molecular weight excluding hydrogens is 370 g/mol. The van der Waals surface area contributed by atoms with Gasteiger partial charge in [0.2, 0.25) is 0 Å². The van der Waals surface area contributed by atoms with Gasteiger partial charge in [-0.2, -0.15) is 0 Å². The van der Waals surface area contributed by atoms with Gasteiger partial charge in [0, 0.05) is 36.8 Å². The third-order valence-electron chi connectivity index (χ3n) is 6.64. The van der Waals surface area contributed by atoms with Crippen LogP contribution in [-0.4, -0.2) is 40.7 Å². The molecule has 2 aromatic carbocycles. The van der Waals surface area contributed by atoms with Crippen molar-refractivity contribution in [2.24, 2.45) is 0 Å². The van der Waals surface area contributed by atoms with Crippen molar-refractivity contribution < 1.29 is 4.74 Å². The number of rotatable bonds is 3. The smallest absolute Gasteiger partial charge is 0.143 e. The van der Waals surface area contributed by atoms with Gasteiger partial charge in [-0.3, -0.25) is 0 Å². The molecule has 0 bridgehead atoms. The minimum absolute atomic E-state index is 0.00485. The van der Waals surface area contributed by atoms with E-state index >= 15 is 0 Å². The molecular formula is C26H31N3O. The van der Waals surface area contributed by atoms with E-state index in [-0.39, 0.29) is 17.6 Å². The van der Waals surface area contributed by atoms with Gasteiger partial charge in [0.05, 0.1) is 11.8 Å². The quantitative estimate of drug-likeness (QED) is 0.616. The van der Waals surface area contributed by atoms with Gasteiger partial charge in [-0.1, -0.05) is 68.4 Å². The van der Waals surface area contributed by atoms with E-state index in [1.54, 1.807) is 0 Å². The van der Waals surface area contributed by atoms with Crippen LogP contribution in [-0.2, 0) is 16.7 Å². The minimum Gasteiger partial charge on any atom is -0.362 e. The maximum Gasteiger partial charge on any atom is 0.143 e. The lowest BCUT2D eigenvalue weighted by atomic mass is 9.81. The van der Waals surface area contributed by atoms with E-state index in [1.807, 2.05) is 0 Å². The Morgan fingerprint density at radius 1 is 0.967 bits per heavy atom. The third-order valence-corrected chi connectivity index (χ3v) is 6.64. The summed E-state index contributed by atoms with van der Waals surface area (Å²) in [5.41, 5.74) is 4.82. The number of hydrogen-bond donors (Lipinski definition) is 0. The number of imidazole rings is 1. The van der Waals surface area contributed by atoms with Crippen molar-refractivity contribution in [2.45, 2.75) is 50.9 Å². The van der Waals surface area contributed by atoms with E-state index in [9.17, 15) is 0 Å². The number of hydrogen-bond acceptors (Lipinski definition) is 3. The van der Waals surface area contributed by atoms with Crippen LogP contribution in [0, 0.1) is 0 Å². The maximum absolute atomic E-state index is 6.85. The molecule has 30 heavy (non-hydrogen) atoms. The number of nitrogens with zero attached hydrogens (tertiary/aromatic N) is 3. The van der Waals surface area contributed by atoms with Gasteiger partial charge in [0.15, 0.2) is 0 Å². The molecule has 0 amide bonds. The van der Waals surface area contributed by atoms with E-state index in [1.165, 1.54) is 11.1 Å². The fourth-order valence-electron chi connectivity index (χ4n) is 4.95. The van der Waals surface area contributed by atoms with Crippen LogP contribution in [0.1, 0.15) is 49.7 Å². The number of piperidine rings is 1. The van der Waals surface area contributed by atoms with Crippen LogP contribution in [0.25, 0.3) is 11.3 Å². The molecule has 5 rings (SSSR count). The van der Waals surface area contributed by atoms with E-state index in [2.05, 4.69) is 91.2 Å². The number of aromatic nitrogens is 2. The van der Waals surface area contributed by atoms with Crippen LogP contribution in [0.15, 0.2) is 60.8 Å². The lowest BCUT2D eigenvalue weighted by molar-refractivity contribution is -0.0275. The molecule has 1 aromatic heterocycles. The van der Waals surface area contributed by atoms with Gasteiger partial charge >= 0.3 is 0 Å². The Hall–Kier alpha value is -2.43. The first-order chi connectivity index (χ1) is 14.5. The normalized spacial score (nSPS) is 21.6. The summed E-state index contributed by atoms with van der Waals surface area (Å²) in [5, 5.41) is 0. The molecule has 156 valence electrons. The molecule has 3 aromatic rings. The fourth-order valence-corrected chi connectivity index (χ4v) is 4.95. The Labute approximate surface area is 179 Å². The van der Waals surface area contributed by atoms with Crippen LogP contribution >= 0.6 is 0 Å². The molecule has 2 aliphatic rings. The predicted octanol–water partition coefficient (Wildman–Crippen LogP) is 5.04. The van der Waals surface area contributed by atoms with E-state index in [0.717, 1.165) is 49.6 Å². The maximum atomic E-state index is 6.85. The Bertz CT molecular complexity index is 1020. The van der Waals surface area contributed by atoms with Crippen LogP contribution in [0.5, 0.6) is 0 Å². The standard InChI is InChI=1S/C26H31N3O/c1-26(2)18-29-17-23(19-9-5-4-6-10-19)27-25(29)24(21-11-7-8-12-22(21)26)30-20-13-15-28(3)16-14-20/h4-12,17,20,24H,13-16,18H2,1-3H3. The van der Waals surface area contributed by atoms with Crippen molar-refractivity contribution in [1.29, 1.82) is 0 Å². The van der Waals surface area contributed by atoms with Gasteiger partial charge in [0.25, 0.3) is 0 Å². The lowest BCUT2D eigenvalue weighted by Gasteiger charge is -2.32. The van der Waals surface area contributed by atoms with Crippen molar-refractivity contribution in [2.75, 3.05) is 20.1 Å². The van der Waals surface area contributed by atoms with Crippen molar-refractivity contribution >= 4 is 0 Å². The molecule has 1 saturated heterocycles. The molecule has 4 heteroatoms. The second-order valence-corrected chi connectivity index (χ2v) is 9.47. The zero-order chi connectivity index (χ0) is 20.7. The lowest BCUT2D eigenvalue weighted by Crippen LogP contribution is -2.35. The molecule has 0 saturated carbocycles. The van der Waals surface area contributed by atoms with Crippen molar-refractivity contribution in [3.8, 4) is 11.3 Å². The van der Waals surface area contributed by atoms with Gasteiger partial charge < -0.3 is 14.2 Å². The summed E-state index contributed by atoms with van der Waals surface area (Å²) < 4.78 is 9.18. The second-order valence-electron chi connectivity index (χ2n) is 9.47. The van der Waals surface area contributed by atoms with Crippen LogP contribution in [0.4, 0.5) is 0 Å². The van der Waals surface area contributed by atoms with Crippen molar-refractivity contribution in [1.82, 2.24) is 14.5 Å². The van der Waals surface area contributed by atoms with E-state index < -0.39 is 0 Å². The molecule has 4 nitrogen and oxygen atoms in total. The first-order valence-electron chi connectivity index (χ1n) is 11.1. The minimum atomic E-state index is -0.131. The summed E-state index contributed by atoms with van der Waals surface area (Å²) in [7, 11) is 2.19. The van der Waals surface area contributed by atoms with Gasteiger partial charge in [-0.05, 0) is 31.0 Å². The highest BCUT2D eigenvalue weighted by Gasteiger charge is 2.36. The average Bonchev–Trinajstić information content (AvgIpc) is 3.13. The zero-order valence-electron chi connectivity index (χ0n) is 18.2. The topological polar surface area (TPSA) is 30.3 Å². The first-order valence-corrected chi connectivity index (χ1v) is 11.1. The monoisotopic (exact) mass is 401 g/mol. The van der Waals surface area contributed by atoms with Crippen LogP contribution in [0.2, 0.25) is 0 Å².